The van der Waals surface area contributed by atoms with Crippen molar-refractivity contribution in [3.8, 4) is 16.9 Å². The largest absolute Gasteiger partial charge is 0.496 e. The molecule has 0 heterocycles. The molecule has 0 fully saturated rings. The number of carboxylic acids is 1. The van der Waals surface area contributed by atoms with Crippen LogP contribution in [0.2, 0.25) is 0 Å². The third-order valence-corrected chi connectivity index (χ3v) is 7.24. The SMILES string of the molecule is COc1cc(S(C)=O)ccc1CN(C(=O)OCC1c2ccccc2-c2ccccc21)[C@@H](C)C(=O)O. The number of nitrogens with zero attached hydrogens (tertiary/aromatic N) is 1. The van der Waals surface area contributed by atoms with Gasteiger partial charge in [0.05, 0.1) is 13.7 Å². The molecule has 1 N–H and O–H groups in total. The van der Waals surface area contributed by atoms with E-state index in [1.54, 1.807) is 24.5 Å². The molecule has 0 saturated heterocycles. The summed E-state index contributed by atoms with van der Waals surface area (Å²) < 4.78 is 23.0. The highest BCUT2D eigenvalue weighted by atomic mass is 32.2. The highest BCUT2D eigenvalue weighted by molar-refractivity contribution is 7.84. The Balaban J connectivity index is 1.57. The molecule has 3 aromatic carbocycles. The Morgan fingerprint density at radius 3 is 2.17 bits per heavy atom. The molecule has 1 aliphatic rings. The van der Waals surface area contributed by atoms with Gasteiger partial charge in [-0.25, -0.2) is 9.59 Å². The van der Waals surface area contributed by atoms with Crippen LogP contribution >= 0.6 is 0 Å². The van der Waals surface area contributed by atoms with Crippen molar-refractivity contribution in [2.45, 2.75) is 30.3 Å². The second-order valence-corrected chi connectivity index (χ2v) is 9.75. The van der Waals surface area contributed by atoms with Crippen LogP contribution in [0.25, 0.3) is 11.1 Å². The molecule has 0 aromatic heterocycles. The van der Waals surface area contributed by atoms with Gasteiger partial charge in [-0.2, -0.15) is 0 Å². The summed E-state index contributed by atoms with van der Waals surface area (Å²) in [6.07, 6.45) is 0.830. The van der Waals surface area contributed by atoms with E-state index < -0.39 is 28.9 Å². The molecule has 1 unspecified atom stereocenters. The summed E-state index contributed by atoms with van der Waals surface area (Å²) in [5, 5.41) is 9.64. The van der Waals surface area contributed by atoms with Crippen molar-refractivity contribution in [2.24, 2.45) is 0 Å². The molecule has 1 amide bonds. The highest BCUT2D eigenvalue weighted by Crippen LogP contribution is 2.44. The fourth-order valence-corrected chi connectivity index (χ4v) is 4.92. The zero-order chi connectivity index (χ0) is 25.1. The van der Waals surface area contributed by atoms with Gasteiger partial charge in [0, 0.05) is 33.4 Å². The lowest BCUT2D eigenvalue weighted by molar-refractivity contribution is -0.142. The average molecular weight is 494 g/mol. The second kappa shape index (κ2) is 10.3. The van der Waals surface area contributed by atoms with Crippen LogP contribution in [0.4, 0.5) is 4.79 Å². The number of amides is 1. The zero-order valence-electron chi connectivity index (χ0n) is 19.8. The van der Waals surface area contributed by atoms with E-state index in [0.29, 0.717) is 16.2 Å². The van der Waals surface area contributed by atoms with Crippen molar-refractivity contribution in [3.05, 3.63) is 83.4 Å². The summed E-state index contributed by atoms with van der Waals surface area (Å²) in [5.41, 5.74) is 4.95. The van der Waals surface area contributed by atoms with E-state index in [1.165, 1.54) is 14.0 Å². The molecule has 3 aromatic rings. The van der Waals surface area contributed by atoms with Gasteiger partial charge in [-0.3, -0.25) is 9.11 Å². The van der Waals surface area contributed by atoms with E-state index >= 15 is 0 Å². The minimum Gasteiger partial charge on any atom is -0.496 e. The summed E-state index contributed by atoms with van der Waals surface area (Å²) >= 11 is 0. The van der Waals surface area contributed by atoms with E-state index in [2.05, 4.69) is 0 Å². The molecule has 7 nitrogen and oxygen atoms in total. The molecule has 0 aliphatic heterocycles. The summed E-state index contributed by atoms with van der Waals surface area (Å²) in [6, 6.07) is 19.9. The number of rotatable bonds is 8. The second-order valence-electron chi connectivity index (χ2n) is 8.37. The maximum absolute atomic E-state index is 13.2. The lowest BCUT2D eigenvalue weighted by Crippen LogP contribution is -2.43. The number of hydrogen-bond donors (Lipinski definition) is 1. The first-order valence-corrected chi connectivity index (χ1v) is 12.7. The topological polar surface area (TPSA) is 93.1 Å². The van der Waals surface area contributed by atoms with Crippen LogP contribution in [0.5, 0.6) is 5.75 Å². The van der Waals surface area contributed by atoms with E-state index in [0.717, 1.165) is 27.2 Å². The maximum Gasteiger partial charge on any atom is 0.410 e. The highest BCUT2D eigenvalue weighted by Gasteiger charge is 2.32. The summed E-state index contributed by atoms with van der Waals surface area (Å²) in [6.45, 7) is 1.48. The third kappa shape index (κ3) is 4.93. The van der Waals surface area contributed by atoms with Crippen LogP contribution < -0.4 is 4.74 Å². The average Bonchev–Trinajstić information content (AvgIpc) is 3.19. The van der Waals surface area contributed by atoms with Crippen LogP contribution in [0.3, 0.4) is 0 Å². The predicted molar refractivity (Wildman–Crippen MR) is 133 cm³/mol. The van der Waals surface area contributed by atoms with Crippen molar-refractivity contribution in [1.82, 2.24) is 4.90 Å². The molecule has 0 radical (unpaired) electrons. The molecule has 2 atom stereocenters. The minimum absolute atomic E-state index is 0.0378. The Morgan fingerprint density at radius 2 is 1.63 bits per heavy atom. The number of carbonyl (C=O) groups excluding carboxylic acids is 1. The monoisotopic (exact) mass is 493 g/mol. The lowest BCUT2D eigenvalue weighted by Gasteiger charge is -2.27. The van der Waals surface area contributed by atoms with E-state index in [9.17, 15) is 18.9 Å². The molecular formula is C27H27NO6S. The van der Waals surface area contributed by atoms with Crippen LogP contribution in [0, 0.1) is 0 Å². The first kappa shape index (κ1) is 24.5. The number of carbonyl (C=O) groups is 2. The molecule has 182 valence electrons. The predicted octanol–water partition coefficient (Wildman–Crippen LogP) is 4.66. The molecule has 4 rings (SSSR count). The molecule has 35 heavy (non-hydrogen) atoms. The third-order valence-electron chi connectivity index (χ3n) is 6.33. The Kier molecular flexibility index (Phi) is 7.21. The van der Waals surface area contributed by atoms with Crippen LogP contribution in [-0.4, -0.2) is 52.3 Å². The number of methoxy groups -OCH3 is 1. The van der Waals surface area contributed by atoms with Gasteiger partial charge in [0.15, 0.2) is 0 Å². The van der Waals surface area contributed by atoms with E-state index in [4.69, 9.17) is 9.47 Å². The van der Waals surface area contributed by atoms with E-state index in [1.807, 2.05) is 48.5 Å². The van der Waals surface area contributed by atoms with Gasteiger partial charge in [-0.05, 0) is 41.3 Å². The lowest BCUT2D eigenvalue weighted by atomic mass is 9.98. The van der Waals surface area contributed by atoms with Crippen LogP contribution in [0.1, 0.15) is 29.5 Å². The van der Waals surface area contributed by atoms with Crippen molar-refractivity contribution in [1.29, 1.82) is 0 Å². The number of ether oxygens (including phenoxy) is 2. The molecule has 0 bridgehead atoms. The van der Waals surface area contributed by atoms with Gasteiger partial charge in [0.1, 0.15) is 18.4 Å². The van der Waals surface area contributed by atoms with Crippen molar-refractivity contribution in [2.75, 3.05) is 20.0 Å². The summed E-state index contributed by atoms with van der Waals surface area (Å²) in [4.78, 5) is 26.7. The molecule has 8 heteroatoms. The quantitative estimate of drug-likeness (QED) is 0.491. The first-order valence-electron chi connectivity index (χ1n) is 11.2. The van der Waals surface area contributed by atoms with Gasteiger partial charge < -0.3 is 14.6 Å². The number of aliphatic carboxylic acids is 1. The van der Waals surface area contributed by atoms with Gasteiger partial charge in [-0.15, -0.1) is 0 Å². The van der Waals surface area contributed by atoms with Crippen LogP contribution in [-0.2, 0) is 26.9 Å². The van der Waals surface area contributed by atoms with Crippen LogP contribution in [0.15, 0.2) is 71.6 Å². The summed E-state index contributed by atoms with van der Waals surface area (Å²) in [5.74, 6) is -0.864. The zero-order valence-corrected chi connectivity index (χ0v) is 20.6. The number of benzene rings is 3. The van der Waals surface area contributed by atoms with Crippen molar-refractivity contribution < 1.29 is 28.4 Å². The molecule has 0 spiro atoms. The fraction of sp³-hybridized carbons (Fsp3) is 0.259. The van der Waals surface area contributed by atoms with Crippen molar-refractivity contribution >= 4 is 22.9 Å². The minimum atomic E-state index is -1.21. The van der Waals surface area contributed by atoms with E-state index in [-0.39, 0.29) is 19.1 Å². The fourth-order valence-electron chi connectivity index (χ4n) is 4.39. The first-order chi connectivity index (χ1) is 16.8. The molecule has 0 saturated carbocycles. The number of carboxylic acid groups (broad SMARTS) is 1. The van der Waals surface area contributed by atoms with Gasteiger partial charge >= 0.3 is 12.1 Å². The molecular weight excluding hydrogens is 466 g/mol. The number of hydrogen-bond acceptors (Lipinski definition) is 5. The normalized spacial score (nSPS) is 13.9. The standard InChI is InChI=1S/C27H27NO6S/c1-17(26(29)30)28(15-18-12-13-19(35(3)32)14-25(18)33-2)27(31)34-16-24-22-10-6-4-8-20(22)21-9-5-7-11-23(21)24/h4-14,17,24H,15-16H2,1-3H3,(H,29,30)/t17-,35?/m0/s1. The smallest absolute Gasteiger partial charge is 0.410 e. The maximum atomic E-state index is 13.2. The van der Waals surface area contributed by atoms with Gasteiger partial charge in [-0.1, -0.05) is 54.6 Å². The molecule has 1 aliphatic carbocycles. The Hall–Kier alpha value is -3.65. The number of fused-ring (bicyclic) bond motifs is 3. The Labute approximate surface area is 206 Å². The van der Waals surface area contributed by atoms with Crippen molar-refractivity contribution in [3.63, 3.8) is 0 Å². The van der Waals surface area contributed by atoms with Gasteiger partial charge in [0.2, 0.25) is 0 Å². The Morgan fingerprint density at radius 1 is 1.03 bits per heavy atom. The summed E-state index contributed by atoms with van der Waals surface area (Å²) in [7, 11) is 0.265. The van der Waals surface area contributed by atoms with Gasteiger partial charge in [0.25, 0.3) is 0 Å². The Bertz CT molecular complexity index is 1240.